The number of carbonyl (C=O) groups is 1. The topological polar surface area (TPSA) is 88.3 Å². The Kier molecular flexibility index (Phi) is 4.49. The van der Waals surface area contributed by atoms with Crippen LogP contribution in [0.5, 0.6) is 0 Å². The van der Waals surface area contributed by atoms with E-state index in [0.29, 0.717) is 30.9 Å². The lowest BCUT2D eigenvalue weighted by molar-refractivity contribution is -0.132. The fourth-order valence-electron chi connectivity index (χ4n) is 0.917. The lowest BCUT2D eigenvalue weighted by atomic mass is 10.3. The van der Waals surface area contributed by atoms with Crippen LogP contribution >= 0.6 is 0 Å². The number of carboxylic acids is 1. The van der Waals surface area contributed by atoms with E-state index in [0.717, 1.165) is 0 Å². The monoisotopic (exact) mass is 211 g/mol. The Morgan fingerprint density at radius 1 is 1.73 bits per heavy atom. The first-order valence-corrected chi connectivity index (χ1v) is 4.56. The first-order valence-electron chi connectivity index (χ1n) is 4.56. The Labute approximate surface area is 87.0 Å². The van der Waals surface area contributed by atoms with Crippen molar-refractivity contribution in [3.8, 4) is 0 Å². The third-order valence-corrected chi connectivity index (χ3v) is 1.82. The van der Waals surface area contributed by atoms with Gasteiger partial charge in [0.25, 0.3) is 0 Å². The molecule has 1 aromatic heterocycles. The zero-order chi connectivity index (χ0) is 11.1. The lowest BCUT2D eigenvalue weighted by Gasteiger charge is -1.98. The van der Waals surface area contributed by atoms with Crippen molar-refractivity contribution in [1.82, 2.24) is 15.5 Å². The van der Waals surface area contributed by atoms with E-state index in [1.807, 2.05) is 0 Å². The molecule has 82 valence electrons. The molecule has 0 bridgehead atoms. The maximum atomic E-state index is 10.4. The van der Waals surface area contributed by atoms with Crippen molar-refractivity contribution in [3.05, 3.63) is 23.9 Å². The molecule has 1 aromatic rings. The molecule has 0 aromatic carbocycles. The number of nitrogens with one attached hydrogen (secondary N) is 1. The average Bonchev–Trinajstić information content (AvgIpc) is 2.69. The van der Waals surface area contributed by atoms with E-state index in [1.54, 1.807) is 13.0 Å². The molecule has 0 aliphatic carbocycles. The van der Waals surface area contributed by atoms with Crippen LogP contribution in [-0.2, 0) is 11.2 Å². The van der Waals surface area contributed by atoms with E-state index >= 15 is 0 Å². The van der Waals surface area contributed by atoms with Gasteiger partial charge in [0.1, 0.15) is 0 Å². The number of hydrogen-bond acceptors (Lipinski definition) is 5. The van der Waals surface area contributed by atoms with Gasteiger partial charge in [0.05, 0.1) is 0 Å². The van der Waals surface area contributed by atoms with Crippen LogP contribution in [-0.4, -0.2) is 34.3 Å². The zero-order valence-corrected chi connectivity index (χ0v) is 8.43. The molecule has 0 saturated carbocycles. The largest absolute Gasteiger partial charge is 0.478 e. The van der Waals surface area contributed by atoms with Crippen LogP contribution in [0.25, 0.3) is 0 Å². The van der Waals surface area contributed by atoms with Gasteiger partial charge in [-0.05, 0) is 6.92 Å². The third kappa shape index (κ3) is 4.37. The van der Waals surface area contributed by atoms with Crippen molar-refractivity contribution in [2.24, 2.45) is 0 Å². The second kappa shape index (κ2) is 5.92. The Bertz CT molecular complexity index is 332. The van der Waals surface area contributed by atoms with Gasteiger partial charge >= 0.3 is 5.97 Å². The lowest BCUT2D eigenvalue weighted by Crippen LogP contribution is -2.18. The number of hydrogen-bond donors (Lipinski definition) is 2. The number of nitrogens with zero attached hydrogens (tertiary/aromatic N) is 2. The van der Waals surface area contributed by atoms with Crippen LogP contribution in [0.2, 0.25) is 0 Å². The van der Waals surface area contributed by atoms with Gasteiger partial charge in [-0.25, -0.2) is 4.79 Å². The molecule has 0 saturated heterocycles. The smallest absolute Gasteiger partial charge is 0.330 e. The second-order valence-corrected chi connectivity index (χ2v) is 2.99. The molecule has 1 rings (SSSR count). The summed E-state index contributed by atoms with van der Waals surface area (Å²) in [5.41, 5.74) is 0.335. The Hall–Kier alpha value is -1.69. The highest BCUT2D eigenvalue weighted by molar-refractivity contribution is 5.85. The molecule has 0 amide bonds. The summed E-state index contributed by atoms with van der Waals surface area (Å²) in [5, 5.41) is 15.2. The summed E-state index contributed by atoms with van der Waals surface area (Å²) in [5.74, 6) is -0.253. The first-order chi connectivity index (χ1) is 7.20. The fraction of sp³-hybridized carbons (Fsp3) is 0.444. The molecule has 0 unspecified atom stereocenters. The molecule has 6 heteroatoms. The van der Waals surface area contributed by atoms with Crippen molar-refractivity contribution >= 4 is 5.97 Å². The summed E-state index contributed by atoms with van der Waals surface area (Å²) in [4.78, 5) is 14.3. The van der Waals surface area contributed by atoms with Crippen LogP contribution < -0.4 is 5.32 Å². The van der Waals surface area contributed by atoms with Gasteiger partial charge in [-0.2, -0.15) is 4.98 Å². The second-order valence-electron chi connectivity index (χ2n) is 2.99. The summed E-state index contributed by atoms with van der Waals surface area (Å²) in [6, 6.07) is 0. The van der Waals surface area contributed by atoms with Crippen molar-refractivity contribution in [3.63, 3.8) is 0 Å². The van der Waals surface area contributed by atoms with Crippen LogP contribution in [0.3, 0.4) is 0 Å². The molecule has 6 nitrogen and oxygen atoms in total. The summed E-state index contributed by atoms with van der Waals surface area (Å²) < 4.78 is 4.56. The minimum Gasteiger partial charge on any atom is -0.478 e. The fourth-order valence-corrected chi connectivity index (χ4v) is 0.917. The van der Waals surface area contributed by atoms with Crippen molar-refractivity contribution in [2.45, 2.75) is 13.3 Å². The molecular weight excluding hydrogens is 198 g/mol. The van der Waals surface area contributed by atoms with Gasteiger partial charge in [-0.3, -0.25) is 0 Å². The third-order valence-electron chi connectivity index (χ3n) is 1.82. The average molecular weight is 211 g/mol. The summed E-state index contributed by atoms with van der Waals surface area (Å²) >= 11 is 0. The molecule has 1 heterocycles. The molecule has 0 spiro atoms. The van der Waals surface area contributed by atoms with Gasteiger partial charge in [0.2, 0.25) is 6.39 Å². The van der Waals surface area contributed by atoms with E-state index in [2.05, 4.69) is 20.0 Å². The Morgan fingerprint density at radius 2 is 2.53 bits per heavy atom. The molecule has 0 aliphatic rings. The van der Waals surface area contributed by atoms with Gasteiger partial charge < -0.3 is 14.9 Å². The number of rotatable bonds is 6. The van der Waals surface area contributed by atoms with Crippen LogP contribution in [0.1, 0.15) is 12.7 Å². The van der Waals surface area contributed by atoms with Gasteiger partial charge in [0, 0.05) is 25.1 Å². The van der Waals surface area contributed by atoms with Crippen LogP contribution in [0.4, 0.5) is 0 Å². The minimum atomic E-state index is -0.894. The van der Waals surface area contributed by atoms with Gasteiger partial charge in [0.15, 0.2) is 5.82 Å². The number of aromatic nitrogens is 2. The van der Waals surface area contributed by atoms with E-state index in [1.165, 1.54) is 6.39 Å². The Balaban J connectivity index is 2.12. The predicted octanol–water partition coefficient (Wildman–Crippen LogP) is 0.233. The van der Waals surface area contributed by atoms with E-state index in [4.69, 9.17) is 5.11 Å². The SMILES string of the molecule is CC(=CCNCCc1ncon1)C(=O)O. The minimum absolute atomic E-state index is 0.335. The molecule has 0 atom stereocenters. The van der Waals surface area contributed by atoms with Crippen LogP contribution in [0.15, 0.2) is 22.6 Å². The van der Waals surface area contributed by atoms with Crippen molar-refractivity contribution < 1.29 is 14.4 Å². The zero-order valence-electron chi connectivity index (χ0n) is 8.43. The summed E-state index contributed by atoms with van der Waals surface area (Å²) in [6.45, 7) is 2.77. The van der Waals surface area contributed by atoms with Crippen molar-refractivity contribution in [2.75, 3.05) is 13.1 Å². The van der Waals surface area contributed by atoms with E-state index < -0.39 is 5.97 Å². The maximum Gasteiger partial charge on any atom is 0.330 e. The predicted molar refractivity (Wildman–Crippen MR) is 52.3 cm³/mol. The quantitative estimate of drug-likeness (QED) is 0.517. The normalized spacial score (nSPS) is 11.7. The highest BCUT2D eigenvalue weighted by Gasteiger charge is 1.99. The first kappa shape index (κ1) is 11.4. The van der Waals surface area contributed by atoms with Crippen LogP contribution in [0, 0.1) is 0 Å². The maximum absolute atomic E-state index is 10.4. The summed E-state index contributed by atoms with van der Waals surface area (Å²) in [7, 11) is 0. The number of carboxylic acid groups (broad SMARTS) is 1. The van der Waals surface area contributed by atoms with E-state index in [9.17, 15) is 4.79 Å². The van der Waals surface area contributed by atoms with Gasteiger partial charge in [-0.15, -0.1) is 0 Å². The molecule has 0 radical (unpaired) electrons. The highest BCUT2D eigenvalue weighted by atomic mass is 16.5. The highest BCUT2D eigenvalue weighted by Crippen LogP contribution is 1.90. The molecule has 0 fully saturated rings. The standard InChI is InChI=1S/C9H13N3O3/c1-7(9(13)14)2-4-10-5-3-8-11-6-15-12-8/h2,6,10H,3-5H2,1H3,(H,13,14). The van der Waals surface area contributed by atoms with Gasteiger partial charge in [-0.1, -0.05) is 11.2 Å². The summed E-state index contributed by atoms with van der Waals surface area (Å²) in [6.07, 6.45) is 3.57. The number of aliphatic carboxylic acids is 1. The molecule has 15 heavy (non-hydrogen) atoms. The molecule has 2 N–H and O–H groups in total. The van der Waals surface area contributed by atoms with E-state index in [-0.39, 0.29) is 0 Å². The molecular formula is C9H13N3O3. The Morgan fingerprint density at radius 3 is 3.13 bits per heavy atom. The molecule has 0 aliphatic heterocycles. The van der Waals surface area contributed by atoms with Crippen molar-refractivity contribution in [1.29, 1.82) is 0 Å².